The Kier molecular flexibility index (Phi) is 3.41. The number of urea groups is 1. The first-order valence-corrected chi connectivity index (χ1v) is 7.94. The second-order valence-electron chi connectivity index (χ2n) is 6.03. The summed E-state index contributed by atoms with van der Waals surface area (Å²) in [5.74, 6) is 0. The monoisotopic (exact) mass is 323 g/mol. The molecular weight excluding hydrogens is 306 g/mol. The fraction of sp³-hybridized carbons (Fsp3) is 0.294. The van der Waals surface area contributed by atoms with Gasteiger partial charge in [0, 0.05) is 24.5 Å². The number of hydrogen-bond donors (Lipinski definition) is 1. The zero-order valence-electron chi connectivity index (χ0n) is 13.1. The van der Waals surface area contributed by atoms with E-state index >= 15 is 0 Å². The molecule has 122 valence electrons. The molecule has 0 bridgehead atoms. The number of carbonyl (C=O) groups is 1. The fourth-order valence-corrected chi connectivity index (χ4v) is 3.47. The lowest BCUT2D eigenvalue weighted by molar-refractivity contribution is 0.180. The van der Waals surface area contributed by atoms with Gasteiger partial charge in [-0.25, -0.2) is 9.78 Å². The van der Waals surface area contributed by atoms with Crippen LogP contribution in [0.25, 0.3) is 21.9 Å². The van der Waals surface area contributed by atoms with Gasteiger partial charge in [-0.15, -0.1) is 0 Å². The zero-order chi connectivity index (χ0) is 16.7. The lowest BCUT2D eigenvalue weighted by Crippen LogP contribution is -2.43. The minimum atomic E-state index is -0.407. The number of primary amides is 1. The molecule has 1 aliphatic heterocycles. The summed E-state index contributed by atoms with van der Waals surface area (Å²) in [7, 11) is 0. The third-order valence-corrected chi connectivity index (χ3v) is 4.66. The van der Waals surface area contributed by atoms with Crippen LogP contribution in [0.15, 0.2) is 41.5 Å². The molecule has 0 aliphatic carbocycles. The Hall–Kier alpha value is -2.96. The van der Waals surface area contributed by atoms with E-state index in [1.807, 2.05) is 28.8 Å². The van der Waals surface area contributed by atoms with Crippen LogP contribution in [-0.2, 0) is 0 Å². The smallest absolute Gasteiger partial charge is 0.314 e. The number of nitrogens with two attached hydrogens (primary N) is 1. The summed E-state index contributed by atoms with van der Waals surface area (Å²) < 4.78 is 1.81. The van der Waals surface area contributed by atoms with Crippen molar-refractivity contribution in [3.63, 3.8) is 0 Å². The maximum Gasteiger partial charge on any atom is 0.314 e. The average Bonchev–Trinajstić information content (AvgIpc) is 2.61. The van der Waals surface area contributed by atoms with Gasteiger partial charge in [-0.1, -0.05) is 18.2 Å². The van der Waals surface area contributed by atoms with E-state index in [1.165, 1.54) is 6.20 Å². The molecule has 24 heavy (non-hydrogen) atoms. The Bertz CT molecular complexity index is 989. The molecule has 1 saturated heterocycles. The molecule has 3 aromatic rings. The summed E-state index contributed by atoms with van der Waals surface area (Å²) in [6.45, 7) is 1.11. The molecule has 0 saturated carbocycles. The molecule has 0 spiro atoms. The molecule has 2 aromatic heterocycles. The van der Waals surface area contributed by atoms with Gasteiger partial charge in [0.2, 0.25) is 0 Å². The molecule has 1 aliphatic rings. The number of fused-ring (bicyclic) bond motifs is 3. The van der Waals surface area contributed by atoms with Crippen LogP contribution in [0.5, 0.6) is 0 Å². The number of carbonyl (C=O) groups excluding carboxylic acids is 1. The molecular formula is C17H17N5O2. The van der Waals surface area contributed by atoms with Crippen LogP contribution in [0.3, 0.4) is 0 Å². The molecule has 7 heteroatoms. The third-order valence-electron chi connectivity index (χ3n) is 4.66. The van der Waals surface area contributed by atoms with Crippen molar-refractivity contribution in [2.45, 2.75) is 18.9 Å². The van der Waals surface area contributed by atoms with Crippen molar-refractivity contribution >= 4 is 28.0 Å². The molecule has 7 nitrogen and oxygen atoms in total. The first-order chi connectivity index (χ1) is 11.6. The van der Waals surface area contributed by atoms with Crippen molar-refractivity contribution in [1.82, 2.24) is 19.4 Å². The number of benzene rings is 1. The Labute approximate surface area is 137 Å². The highest BCUT2D eigenvalue weighted by atomic mass is 16.2. The minimum Gasteiger partial charge on any atom is -0.351 e. The molecule has 0 radical (unpaired) electrons. The summed E-state index contributed by atoms with van der Waals surface area (Å²) in [6, 6.07) is 7.35. The van der Waals surface area contributed by atoms with Crippen molar-refractivity contribution in [2.75, 3.05) is 13.1 Å². The van der Waals surface area contributed by atoms with Crippen LogP contribution < -0.4 is 11.3 Å². The summed E-state index contributed by atoms with van der Waals surface area (Å²) in [5.41, 5.74) is 7.56. The summed E-state index contributed by atoms with van der Waals surface area (Å²) in [6.07, 6.45) is 4.43. The maximum absolute atomic E-state index is 12.6. The van der Waals surface area contributed by atoms with E-state index < -0.39 is 6.03 Å². The van der Waals surface area contributed by atoms with E-state index in [-0.39, 0.29) is 11.6 Å². The van der Waals surface area contributed by atoms with Gasteiger partial charge in [-0.2, -0.15) is 0 Å². The number of piperidine rings is 1. The van der Waals surface area contributed by atoms with Gasteiger partial charge in [-0.05, 0) is 18.9 Å². The van der Waals surface area contributed by atoms with Gasteiger partial charge < -0.3 is 15.2 Å². The van der Waals surface area contributed by atoms with Gasteiger partial charge in [-0.3, -0.25) is 9.78 Å². The van der Waals surface area contributed by atoms with Crippen molar-refractivity contribution in [3.05, 3.63) is 47.0 Å². The number of amides is 2. The quantitative estimate of drug-likeness (QED) is 0.689. The molecule has 4 rings (SSSR count). The van der Waals surface area contributed by atoms with Gasteiger partial charge in [0.1, 0.15) is 5.52 Å². The van der Waals surface area contributed by atoms with E-state index in [9.17, 15) is 9.59 Å². The first kappa shape index (κ1) is 14.6. The largest absolute Gasteiger partial charge is 0.351 e. The van der Waals surface area contributed by atoms with E-state index in [0.717, 1.165) is 16.4 Å². The van der Waals surface area contributed by atoms with Crippen LogP contribution in [0.2, 0.25) is 0 Å². The van der Waals surface area contributed by atoms with Gasteiger partial charge in [0.15, 0.2) is 0 Å². The minimum absolute atomic E-state index is 0.0180. The van der Waals surface area contributed by atoms with Crippen molar-refractivity contribution in [2.24, 2.45) is 5.73 Å². The van der Waals surface area contributed by atoms with Crippen LogP contribution in [-0.4, -0.2) is 38.6 Å². The number of nitrogens with zero attached hydrogens (tertiary/aromatic N) is 4. The van der Waals surface area contributed by atoms with Gasteiger partial charge >= 0.3 is 6.03 Å². The van der Waals surface area contributed by atoms with Crippen LogP contribution in [0.1, 0.15) is 18.9 Å². The lowest BCUT2D eigenvalue weighted by atomic mass is 10.0. The zero-order valence-corrected chi connectivity index (χ0v) is 13.1. The average molecular weight is 323 g/mol. The molecule has 0 atom stereocenters. The number of rotatable bonds is 1. The van der Waals surface area contributed by atoms with Gasteiger partial charge in [0.25, 0.3) is 5.56 Å². The van der Waals surface area contributed by atoms with Crippen molar-refractivity contribution < 1.29 is 4.79 Å². The highest BCUT2D eigenvalue weighted by Crippen LogP contribution is 2.27. The van der Waals surface area contributed by atoms with E-state index in [0.29, 0.717) is 31.4 Å². The highest BCUT2D eigenvalue weighted by molar-refractivity contribution is 6.01. The van der Waals surface area contributed by atoms with Gasteiger partial charge in [0.05, 0.1) is 23.4 Å². The predicted octanol–water partition coefficient (Wildman–Crippen LogP) is 1.66. The fourth-order valence-electron chi connectivity index (χ4n) is 3.47. The third kappa shape index (κ3) is 2.29. The van der Waals surface area contributed by atoms with Crippen molar-refractivity contribution in [3.8, 4) is 0 Å². The number of para-hydroxylation sites is 1. The number of hydrogen-bond acceptors (Lipinski definition) is 4. The second-order valence-corrected chi connectivity index (χ2v) is 6.03. The topological polar surface area (TPSA) is 94.1 Å². The Morgan fingerprint density at radius 2 is 1.79 bits per heavy atom. The molecule has 1 fully saturated rings. The summed E-state index contributed by atoms with van der Waals surface area (Å²) in [4.78, 5) is 34.2. The van der Waals surface area contributed by atoms with E-state index in [1.54, 1.807) is 11.1 Å². The van der Waals surface area contributed by atoms with E-state index in [4.69, 9.17) is 5.73 Å². The number of likely N-dealkylation sites (tertiary alicyclic amines) is 1. The second kappa shape index (κ2) is 5.59. The SMILES string of the molecule is NC(=O)N1CCC(n2c(=O)cnc3cnc4ccccc4c32)CC1. The van der Waals surface area contributed by atoms with E-state index in [2.05, 4.69) is 9.97 Å². The summed E-state index contributed by atoms with van der Waals surface area (Å²) in [5, 5.41) is 0.914. The van der Waals surface area contributed by atoms with Crippen LogP contribution in [0.4, 0.5) is 4.79 Å². The Balaban J connectivity index is 1.89. The molecule has 2 N–H and O–H groups in total. The van der Waals surface area contributed by atoms with Crippen LogP contribution in [0, 0.1) is 0 Å². The predicted molar refractivity (Wildman–Crippen MR) is 90.7 cm³/mol. The molecule has 3 heterocycles. The van der Waals surface area contributed by atoms with Crippen molar-refractivity contribution in [1.29, 1.82) is 0 Å². The summed E-state index contributed by atoms with van der Waals surface area (Å²) >= 11 is 0. The molecule has 0 unspecified atom stereocenters. The number of aromatic nitrogens is 3. The van der Waals surface area contributed by atoms with Crippen LogP contribution >= 0.6 is 0 Å². The standard InChI is InChI=1S/C17H17N5O2/c18-17(24)21-7-5-11(6-8-21)22-15(23)10-20-14-9-19-13-4-2-1-3-12(13)16(14)22/h1-4,9-11H,5-8H2,(H2,18,24). The number of pyridine rings is 1. The maximum atomic E-state index is 12.6. The Morgan fingerprint density at radius 1 is 1.08 bits per heavy atom. The molecule has 1 aromatic carbocycles. The normalized spacial score (nSPS) is 15.9. The molecule has 2 amide bonds. The Morgan fingerprint density at radius 3 is 2.54 bits per heavy atom. The first-order valence-electron chi connectivity index (χ1n) is 7.94. The lowest BCUT2D eigenvalue weighted by Gasteiger charge is -2.32. The highest BCUT2D eigenvalue weighted by Gasteiger charge is 2.25.